The molecular weight excluding hydrogens is 290 g/mol. The normalized spacial score (nSPS) is 10.7. The van der Waals surface area contributed by atoms with E-state index in [2.05, 4.69) is 4.98 Å². The van der Waals surface area contributed by atoms with Gasteiger partial charge in [-0.1, -0.05) is 60.7 Å². The zero-order chi connectivity index (χ0) is 16.1. The molecule has 0 radical (unpaired) electrons. The first-order chi connectivity index (χ1) is 11.3. The van der Waals surface area contributed by atoms with Crippen molar-refractivity contribution in [1.29, 1.82) is 0 Å². The van der Waals surface area contributed by atoms with Gasteiger partial charge in [0.05, 0.1) is 6.61 Å². The Hall–Kier alpha value is -2.85. The average Bonchev–Trinajstić information content (AvgIpc) is 2.62. The Morgan fingerprint density at radius 3 is 2.00 bits per heavy atom. The summed E-state index contributed by atoms with van der Waals surface area (Å²) in [7, 11) is 0. The van der Waals surface area contributed by atoms with Crippen molar-refractivity contribution < 1.29 is 9.84 Å². The zero-order valence-corrected chi connectivity index (χ0v) is 12.5. The lowest BCUT2D eigenvalue weighted by Gasteiger charge is -2.19. The second-order valence-corrected chi connectivity index (χ2v) is 5.16. The van der Waals surface area contributed by atoms with Gasteiger partial charge < -0.3 is 14.8 Å². The Labute approximate surface area is 134 Å². The molecule has 0 bridgehead atoms. The molecule has 2 N–H and O–H groups in total. The molecule has 0 unspecified atom stereocenters. The molecule has 0 saturated carbocycles. The van der Waals surface area contributed by atoms with Crippen molar-refractivity contribution in [3.63, 3.8) is 0 Å². The summed E-state index contributed by atoms with van der Waals surface area (Å²) in [5, 5.41) is 9.08. The number of aromatic nitrogens is 1. The largest absolute Gasteiger partial charge is 0.475 e. The maximum Gasteiger partial charge on any atom is 0.223 e. The maximum absolute atomic E-state index is 12.1. The highest BCUT2D eigenvalue weighted by molar-refractivity contribution is 5.32. The van der Waals surface area contributed by atoms with Gasteiger partial charge in [0.1, 0.15) is 6.10 Å². The SMILES string of the molecule is O=c1cc(CO)[nH]cc1OC(c1ccccc1)c1ccccc1. The maximum atomic E-state index is 12.1. The molecule has 0 saturated heterocycles. The van der Waals surface area contributed by atoms with Gasteiger partial charge in [0.25, 0.3) is 0 Å². The van der Waals surface area contributed by atoms with Gasteiger partial charge >= 0.3 is 0 Å². The lowest BCUT2D eigenvalue weighted by molar-refractivity contribution is 0.242. The molecule has 23 heavy (non-hydrogen) atoms. The molecule has 0 aliphatic carbocycles. The van der Waals surface area contributed by atoms with E-state index in [4.69, 9.17) is 9.84 Å². The molecule has 0 atom stereocenters. The van der Waals surface area contributed by atoms with Gasteiger partial charge in [-0.3, -0.25) is 4.79 Å². The number of ether oxygens (including phenoxy) is 1. The summed E-state index contributed by atoms with van der Waals surface area (Å²) in [5.41, 5.74) is 2.12. The van der Waals surface area contributed by atoms with Crippen molar-refractivity contribution in [2.24, 2.45) is 0 Å². The Kier molecular flexibility index (Phi) is 4.54. The number of rotatable bonds is 5. The van der Waals surface area contributed by atoms with Crippen LogP contribution in [0, 0.1) is 0 Å². The summed E-state index contributed by atoms with van der Waals surface area (Å²) in [6.45, 7) is -0.212. The highest BCUT2D eigenvalue weighted by Crippen LogP contribution is 2.26. The van der Waals surface area contributed by atoms with Gasteiger partial charge in [0, 0.05) is 18.0 Å². The smallest absolute Gasteiger partial charge is 0.223 e. The predicted molar refractivity (Wildman–Crippen MR) is 88.3 cm³/mol. The molecule has 4 nitrogen and oxygen atoms in total. The predicted octanol–water partition coefficient (Wildman–Crippen LogP) is 3.04. The summed E-state index contributed by atoms with van der Waals surface area (Å²) in [6, 6.07) is 20.8. The van der Waals surface area contributed by atoms with E-state index < -0.39 is 0 Å². The minimum Gasteiger partial charge on any atom is -0.475 e. The molecule has 4 heteroatoms. The summed E-state index contributed by atoms with van der Waals surface area (Å²) in [4.78, 5) is 15.0. The second-order valence-electron chi connectivity index (χ2n) is 5.16. The number of pyridine rings is 1. The first kappa shape index (κ1) is 15.1. The van der Waals surface area contributed by atoms with Crippen LogP contribution in [0.4, 0.5) is 0 Å². The first-order valence-corrected chi connectivity index (χ1v) is 7.37. The Morgan fingerprint density at radius 2 is 1.52 bits per heavy atom. The molecule has 0 fully saturated rings. The van der Waals surface area contributed by atoms with Crippen LogP contribution in [0.1, 0.15) is 22.9 Å². The van der Waals surface area contributed by atoms with Crippen LogP contribution < -0.4 is 10.2 Å². The van der Waals surface area contributed by atoms with E-state index in [1.165, 1.54) is 12.3 Å². The van der Waals surface area contributed by atoms with Crippen molar-refractivity contribution in [3.05, 3.63) is 100.0 Å². The third-order valence-electron chi connectivity index (χ3n) is 3.56. The lowest BCUT2D eigenvalue weighted by Crippen LogP contribution is -2.15. The molecule has 1 heterocycles. The van der Waals surface area contributed by atoms with Gasteiger partial charge in [-0.25, -0.2) is 0 Å². The molecule has 0 amide bonds. The standard InChI is InChI=1S/C19H17NO3/c21-13-16-11-17(22)18(12-20-16)23-19(14-7-3-1-4-8-14)15-9-5-2-6-10-15/h1-12,19,21H,13H2,(H,20,22). The molecule has 0 spiro atoms. The monoisotopic (exact) mass is 307 g/mol. The first-order valence-electron chi connectivity index (χ1n) is 7.37. The molecule has 0 aliphatic heterocycles. The Morgan fingerprint density at radius 1 is 0.957 bits per heavy atom. The fourth-order valence-corrected chi connectivity index (χ4v) is 2.39. The van der Waals surface area contributed by atoms with Crippen molar-refractivity contribution in [3.8, 4) is 5.75 Å². The van der Waals surface area contributed by atoms with Crippen LogP contribution in [-0.2, 0) is 6.61 Å². The third-order valence-corrected chi connectivity index (χ3v) is 3.56. The van der Waals surface area contributed by atoms with E-state index in [-0.39, 0.29) is 23.9 Å². The number of aromatic amines is 1. The molecule has 3 rings (SSSR count). The summed E-state index contributed by atoms with van der Waals surface area (Å²) in [6.07, 6.45) is 1.12. The number of H-pyrrole nitrogens is 1. The topological polar surface area (TPSA) is 62.3 Å². The van der Waals surface area contributed by atoms with E-state index in [0.29, 0.717) is 5.69 Å². The zero-order valence-electron chi connectivity index (χ0n) is 12.5. The minimum absolute atomic E-state index is 0.212. The third kappa shape index (κ3) is 3.49. The summed E-state index contributed by atoms with van der Waals surface area (Å²) < 4.78 is 5.99. The van der Waals surface area contributed by atoms with Crippen molar-refractivity contribution in [1.82, 2.24) is 4.98 Å². The van der Waals surface area contributed by atoms with Crippen LogP contribution in [0.2, 0.25) is 0 Å². The number of hydrogen-bond acceptors (Lipinski definition) is 3. The number of benzene rings is 2. The fourth-order valence-electron chi connectivity index (χ4n) is 2.39. The molecule has 0 aliphatic rings. The van der Waals surface area contributed by atoms with Crippen LogP contribution in [0.15, 0.2) is 77.7 Å². The Bertz CT molecular complexity index is 773. The molecule has 116 valence electrons. The van der Waals surface area contributed by atoms with Crippen LogP contribution in [0.25, 0.3) is 0 Å². The van der Waals surface area contributed by atoms with Gasteiger partial charge in [0.2, 0.25) is 5.43 Å². The van der Waals surface area contributed by atoms with E-state index in [1.807, 2.05) is 60.7 Å². The van der Waals surface area contributed by atoms with Crippen LogP contribution >= 0.6 is 0 Å². The van der Waals surface area contributed by atoms with Crippen molar-refractivity contribution in [2.45, 2.75) is 12.7 Å². The van der Waals surface area contributed by atoms with Crippen molar-refractivity contribution in [2.75, 3.05) is 0 Å². The summed E-state index contributed by atoms with van der Waals surface area (Å²) >= 11 is 0. The minimum atomic E-state index is -0.376. The fraction of sp³-hybridized carbons (Fsp3) is 0.105. The van der Waals surface area contributed by atoms with Crippen LogP contribution in [0.3, 0.4) is 0 Å². The molecule has 2 aromatic carbocycles. The lowest BCUT2D eigenvalue weighted by atomic mass is 10.0. The highest BCUT2D eigenvalue weighted by atomic mass is 16.5. The van der Waals surface area contributed by atoms with Gasteiger partial charge in [-0.2, -0.15) is 0 Å². The summed E-state index contributed by atoms with van der Waals surface area (Å²) in [5.74, 6) is 0.222. The quantitative estimate of drug-likeness (QED) is 0.761. The van der Waals surface area contributed by atoms with E-state index in [1.54, 1.807) is 0 Å². The van der Waals surface area contributed by atoms with E-state index in [0.717, 1.165) is 11.1 Å². The number of aliphatic hydroxyl groups is 1. The van der Waals surface area contributed by atoms with Crippen LogP contribution in [0.5, 0.6) is 5.75 Å². The highest BCUT2D eigenvalue weighted by Gasteiger charge is 2.17. The van der Waals surface area contributed by atoms with Crippen LogP contribution in [-0.4, -0.2) is 10.1 Å². The Balaban J connectivity index is 1.98. The second kappa shape index (κ2) is 6.94. The molecule has 3 aromatic rings. The molecule has 1 aromatic heterocycles. The van der Waals surface area contributed by atoms with E-state index in [9.17, 15) is 4.79 Å². The van der Waals surface area contributed by atoms with Gasteiger partial charge in [0.15, 0.2) is 5.75 Å². The van der Waals surface area contributed by atoms with Crippen molar-refractivity contribution >= 4 is 0 Å². The van der Waals surface area contributed by atoms with E-state index >= 15 is 0 Å². The number of nitrogens with one attached hydrogen (secondary N) is 1. The van der Waals surface area contributed by atoms with Gasteiger partial charge in [-0.05, 0) is 11.1 Å². The molecular formula is C19H17NO3. The average molecular weight is 307 g/mol. The number of aliphatic hydroxyl groups excluding tert-OH is 1. The number of hydrogen-bond donors (Lipinski definition) is 2. The van der Waals surface area contributed by atoms with Gasteiger partial charge in [-0.15, -0.1) is 0 Å².